The second-order valence-electron chi connectivity index (χ2n) is 6.39. The van der Waals surface area contributed by atoms with Crippen molar-refractivity contribution in [2.75, 3.05) is 13.2 Å². The maximum Gasteiger partial charge on any atom is 0.286 e. The summed E-state index contributed by atoms with van der Waals surface area (Å²) >= 11 is 0. The molecule has 1 atom stereocenters. The van der Waals surface area contributed by atoms with Gasteiger partial charge in [-0.3, -0.25) is 0 Å². The van der Waals surface area contributed by atoms with Gasteiger partial charge >= 0.3 is 0 Å². The van der Waals surface area contributed by atoms with E-state index in [0.29, 0.717) is 5.92 Å². The van der Waals surface area contributed by atoms with Gasteiger partial charge < -0.3 is 14.2 Å². The largest absolute Gasteiger partial charge is 0.326 e. The first kappa shape index (κ1) is 12.9. The number of rotatable bonds is 3. The summed E-state index contributed by atoms with van der Waals surface area (Å²) in [6.07, 6.45) is 8.87. The van der Waals surface area contributed by atoms with Gasteiger partial charge in [0.15, 0.2) is 0 Å². The van der Waals surface area contributed by atoms with Crippen molar-refractivity contribution in [1.82, 2.24) is 0 Å². The van der Waals surface area contributed by atoms with E-state index >= 15 is 0 Å². The summed E-state index contributed by atoms with van der Waals surface area (Å²) in [5.74, 6) is -0.261. The van der Waals surface area contributed by atoms with Crippen molar-refractivity contribution >= 4 is 0 Å². The van der Waals surface area contributed by atoms with E-state index < -0.39 is 5.97 Å². The van der Waals surface area contributed by atoms with Crippen LogP contribution >= 0.6 is 0 Å². The van der Waals surface area contributed by atoms with Crippen LogP contribution in [-0.4, -0.2) is 25.3 Å². The standard InChI is InChI=1S/C15H26O3/c1-3-9-14-10-16-15(17-11-14,18-12(14)2)13-7-5-4-6-8-13/h12-13H,3-11H2,1-2H3. The fourth-order valence-corrected chi connectivity index (χ4v) is 3.88. The van der Waals surface area contributed by atoms with Gasteiger partial charge in [-0.1, -0.05) is 32.6 Å². The van der Waals surface area contributed by atoms with E-state index in [1.54, 1.807) is 0 Å². The summed E-state index contributed by atoms with van der Waals surface area (Å²) in [6.45, 7) is 6.06. The van der Waals surface area contributed by atoms with E-state index in [4.69, 9.17) is 14.2 Å². The molecule has 18 heavy (non-hydrogen) atoms. The average Bonchev–Trinajstić information content (AvgIpc) is 2.42. The van der Waals surface area contributed by atoms with Gasteiger partial charge in [-0.05, 0) is 26.2 Å². The molecule has 104 valence electrons. The summed E-state index contributed by atoms with van der Waals surface area (Å²) in [5, 5.41) is 0. The highest BCUT2D eigenvalue weighted by molar-refractivity contribution is 4.95. The van der Waals surface area contributed by atoms with Gasteiger partial charge in [0.1, 0.15) is 0 Å². The van der Waals surface area contributed by atoms with Crippen molar-refractivity contribution in [1.29, 1.82) is 0 Å². The Morgan fingerprint density at radius 3 is 2.28 bits per heavy atom. The molecular weight excluding hydrogens is 228 g/mol. The van der Waals surface area contributed by atoms with Crippen LogP contribution in [0.2, 0.25) is 0 Å². The monoisotopic (exact) mass is 254 g/mol. The fraction of sp³-hybridized carbons (Fsp3) is 1.00. The second-order valence-corrected chi connectivity index (χ2v) is 6.39. The van der Waals surface area contributed by atoms with Crippen LogP contribution in [0.3, 0.4) is 0 Å². The zero-order valence-electron chi connectivity index (χ0n) is 11.7. The molecule has 0 aromatic rings. The molecule has 1 unspecified atom stereocenters. The van der Waals surface area contributed by atoms with Crippen LogP contribution in [0.15, 0.2) is 0 Å². The maximum atomic E-state index is 6.22. The van der Waals surface area contributed by atoms with Gasteiger partial charge in [-0.2, -0.15) is 0 Å². The summed E-state index contributed by atoms with van der Waals surface area (Å²) in [6, 6.07) is 0. The maximum absolute atomic E-state index is 6.22. The molecule has 0 aromatic heterocycles. The Labute approximate surface area is 110 Å². The predicted molar refractivity (Wildman–Crippen MR) is 69.1 cm³/mol. The normalized spacial score (nSPS) is 45.3. The Kier molecular flexibility index (Phi) is 3.41. The predicted octanol–water partition coefficient (Wildman–Crippen LogP) is 3.47. The third kappa shape index (κ3) is 1.91. The molecule has 1 saturated carbocycles. The van der Waals surface area contributed by atoms with Crippen LogP contribution in [0.25, 0.3) is 0 Å². The Bertz CT molecular complexity index is 288. The first-order valence-electron chi connectivity index (χ1n) is 7.66. The summed E-state index contributed by atoms with van der Waals surface area (Å²) in [7, 11) is 0. The van der Waals surface area contributed by atoms with Crippen molar-refractivity contribution in [3.8, 4) is 0 Å². The van der Waals surface area contributed by atoms with E-state index in [1.807, 2.05) is 0 Å². The number of fused-ring (bicyclic) bond motifs is 3. The fourth-order valence-electron chi connectivity index (χ4n) is 3.88. The molecular formula is C15H26O3. The van der Waals surface area contributed by atoms with Gasteiger partial charge in [0, 0.05) is 11.3 Å². The summed E-state index contributed by atoms with van der Waals surface area (Å²) in [4.78, 5) is 0. The lowest BCUT2D eigenvalue weighted by Gasteiger charge is -2.58. The van der Waals surface area contributed by atoms with E-state index in [2.05, 4.69) is 13.8 Å². The molecule has 3 heteroatoms. The van der Waals surface area contributed by atoms with Gasteiger partial charge in [0.05, 0.1) is 19.3 Å². The number of ether oxygens (including phenoxy) is 3. The van der Waals surface area contributed by atoms with Crippen LogP contribution in [0.4, 0.5) is 0 Å². The highest BCUT2D eigenvalue weighted by Gasteiger charge is 2.59. The van der Waals surface area contributed by atoms with E-state index in [1.165, 1.54) is 32.1 Å². The Morgan fingerprint density at radius 1 is 1.06 bits per heavy atom. The number of hydrogen-bond acceptors (Lipinski definition) is 3. The Morgan fingerprint density at radius 2 is 1.72 bits per heavy atom. The molecule has 3 nitrogen and oxygen atoms in total. The van der Waals surface area contributed by atoms with Crippen LogP contribution in [0.5, 0.6) is 0 Å². The lowest BCUT2D eigenvalue weighted by molar-refractivity contribution is -0.505. The van der Waals surface area contributed by atoms with Gasteiger partial charge in [0.25, 0.3) is 5.97 Å². The van der Waals surface area contributed by atoms with Crippen LogP contribution in [0.1, 0.15) is 58.8 Å². The minimum atomic E-state index is -0.699. The molecule has 1 aliphatic carbocycles. The third-order valence-corrected chi connectivity index (χ3v) is 5.18. The zero-order valence-corrected chi connectivity index (χ0v) is 11.7. The summed E-state index contributed by atoms with van der Waals surface area (Å²) < 4.78 is 18.4. The molecule has 0 amide bonds. The molecule has 4 aliphatic rings. The first-order valence-corrected chi connectivity index (χ1v) is 7.66. The second kappa shape index (κ2) is 4.77. The lowest BCUT2D eigenvalue weighted by Crippen LogP contribution is -2.66. The number of hydrogen-bond donors (Lipinski definition) is 0. The van der Waals surface area contributed by atoms with Crippen molar-refractivity contribution in [3.63, 3.8) is 0 Å². The molecule has 2 bridgehead atoms. The van der Waals surface area contributed by atoms with Crippen molar-refractivity contribution < 1.29 is 14.2 Å². The Hall–Kier alpha value is -0.120. The highest BCUT2D eigenvalue weighted by atomic mass is 16.9. The topological polar surface area (TPSA) is 27.7 Å². The third-order valence-electron chi connectivity index (χ3n) is 5.18. The molecule has 3 heterocycles. The van der Waals surface area contributed by atoms with E-state index in [-0.39, 0.29) is 11.5 Å². The van der Waals surface area contributed by atoms with Crippen LogP contribution < -0.4 is 0 Å². The molecule has 4 rings (SSSR count). The van der Waals surface area contributed by atoms with Crippen molar-refractivity contribution in [2.45, 2.75) is 70.9 Å². The quantitative estimate of drug-likeness (QED) is 0.772. The zero-order chi connectivity index (χ0) is 12.6. The molecule has 3 saturated heterocycles. The minimum absolute atomic E-state index is 0.102. The van der Waals surface area contributed by atoms with Gasteiger partial charge in [0.2, 0.25) is 0 Å². The molecule has 0 spiro atoms. The van der Waals surface area contributed by atoms with Crippen LogP contribution in [-0.2, 0) is 14.2 Å². The van der Waals surface area contributed by atoms with Gasteiger partial charge in [-0.25, -0.2) is 0 Å². The van der Waals surface area contributed by atoms with E-state index in [0.717, 1.165) is 26.1 Å². The molecule has 4 fully saturated rings. The summed E-state index contributed by atoms with van der Waals surface area (Å²) in [5.41, 5.74) is 0.102. The molecule has 0 N–H and O–H groups in total. The van der Waals surface area contributed by atoms with Crippen molar-refractivity contribution in [2.24, 2.45) is 11.3 Å². The minimum Gasteiger partial charge on any atom is -0.326 e. The molecule has 0 aromatic carbocycles. The van der Waals surface area contributed by atoms with Crippen LogP contribution in [0, 0.1) is 11.3 Å². The Balaban J connectivity index is 1.74. The highest BCUT2D eigenvalue weighted by Crippen LogP contribution is 2.50. The lowest BCUT2D eigenvalue weighted by atomic mass is 9.76. The SMILES string of the molecule is CCCC12COC(C3CCCCC3)(OC1)OC2C. The first-order chi connectivity index (χ1) is 8.71. The van der Waals surface area contributed by atoms with Gasteiger partial charge in [-0.15, -0.1) is 0 Å². The molecule has 3 aliphatic heterocycles. The molecule has 0 radical (unpaired) electrons. The van der Waals surface area contributed by atoms with E-state index in [9.17, 15) is 0 Å². The smallest absolute Gasteiger partial charge is 0.286 e. The van der Waals surface area contributed by atoms with Crippen molar-refractivity contribution in [3.05, 3.63) is 0 Å². The average molecular weight is 254 g/mol.